The van der Waals surface area contributed by atoms with Gasteiger partial charge in [-0.1, -0.05) is 42.5 Å². The molecular weight excluding hydrogens is 372 g/mol. The maximum atomic E-state index is 12.0. The van der Waals surface area contributed by atoms with Crippen LogP contribution in [0.1, 0.15) is 5.56 Å². The number of hydrogen-bond donors (Lipinski definition) is 3. The quantitative estimate of drug-likeness (QED) is 0.209. The number of aromatic hydroxyl groups is 1. The van der Waals surface area contributed by atoms with Gasteiger partial charge in [0.05, 0.1) is 22.1 Å². The largest absolute Gasteiger partial charge is 0.507 e. The Morgan fingerprint density at radius 2 is 1.79 bits per heavy atom. The Morgan fingerprint density at radius 1 is 1.00 bits per heavy atom. The van der Waals surface area contributed by atoms with Crippen molar-refractivity contribution in [3.05, 3.63) is 78.4 Å². The first-order valence-electron chi connectivity index (χ1n) is 8.53. The van der Waals surface area contributed by atoms with E-state index in [-0.39, 0.29) is 5.75 Å². The molecule has 1 heterocycles. The van der Waals surface area contributed by atoms with Crippen LogP contribution in [0.25, 0.3) is 21.8 Å². The van der Waals surface area contributed by atoms with Crippen LogP contribution < -0.4 is 10.1 Å². The molecule has 0 unspecified atom stereocenters. The molecule has 0 aliphatic heterocycles. The van der Waals surface area contributed by atoms with Crippen molar-refractivity contribution in [1.82, 2.24) is 15.1 Å². The number of pyridine rings is 1. The summed E-state index contributed by atoms with van der Waals surface area (Å²) in [6.45, 7) is 0. The Bertz CT molecular complexity index is 1190. The number of nitrogens with one attached hydrogen (secondary N) is 2. The Morgan fingerprint density at radius 3 is 2.68 bits per heavy atom. The van der Waals surface area contributed by atoms with Crippen molar-refractivity contribution in [3.63, 3.8) is 0 Å². The zero-order valence-electron chi connectivity index (χ0n) is 14.7. The third-order valence-electron chi connectivity index (χ3n) is 4.07. The number of rotatable bonds is 4. The van der Waals surface area contributed by atoms with Crippen molar-refractivity contribution in [1.29, 1.82) is 0 Å². The molecule has 4 rings (SSSR count). The highest BCUT2D eigenvalue weighted by Crippen LogP contribution is 2.27. The van der Waals surface area contributed by atoms with Gasteiger partial charge in [-0.05, 0) is 42.3 Å². The predicted molar refractivity (Wildman–Crippen MR) is 112 cm³/mol. The van der Waals surface area contributed by atoms with E-state index < -0.39 is 6.03 Å². The minimum atomic E-state index is -0.477. The zero-order chi connectivity index (χ0) is 19.3. The van der Waals surface area contributed by atoms with Crippen molar-refractivity contribution < 1.29 is 9.90 Å². The Hall–Kier alpha value is -3.58. The highest BCUT2D eigenvalue weighted by atomic mass is 32.2. The van der Waals surface area contributed by atoms with Gasteiger partial charge < -0.3 is 5.11 Å². The van der Waals surface area contributed by atoms with Crippen molar-refractivity contribution in [2.24, 2.45) is 5.10 Å². The number of para-hydroxylation sites is 3. The number of nitrogens with zero attached hydrogens (tertiary/aromatic N) is 2. The minimum absolute atomic E-state index is 0.0943. The van der Waals surface area contributed by atoms with Gasteiger partial charge in [-0.25, -0.2) is 15.2 Å². The van der Waals surface area contributed by atoms with Gasteiger partial charge in [-0.3, -0.25) is 4.72 Å². The summed E-state index contributed by atoms with van der Waals surface area (Å²) >= 11 is 1.17. The number of amides is 2. The molecule has 1 aromatic heterocycles. The number of carbonyl (C=O) groups is 1. The lowest BCUT2D eigenvalue weighted by molar-refractivity contribution is 0.247. The summed E-state index contributed by atoms with van der Waals surface area (Å²) in [5.41, 5.74) is 4.61. The molecule has 2 amide bonds. The summed E-state index contributed by atoms with van der Waals surface area (Å²) in [7, 11) is 0. The van der Waals surface area contributed by atoms with E-state index in [2.05, 4.69) is 21.3 Å². The van der Waals surface area contributed by atoms with Crippen molar-refractivity contribution >= 4 is 46.0 Å². The molecule has 0 saturated heterocycles. The van der Waals surface area contributed by atoms with E-state index in [0.29, 0.717) is 5.56 Å². The molecule has 0 atom stereocenters. The number of hydrogen-bond acceptors (Lipinski definition) is 5. The van der Waals surface area contributed by atoms with Gasteiger partial charge in [-0.2, -0.15) is 5.10 Å². The van der Waals surface area contributed by atoms with Gasteiger partial charge >= 0.3 is 6.03 Å². The smallest absolute Gasteiger partial charge is 0.345 e. The molecule has 3 N–H and O–H groups in total. The van der Waals surface area contributed by atoms with Crippen LogP contribution in [0.5, 0.6) is 5.75 Å². The van der Waals surface area contributed by atoms with Crippen LogP contribution in [0.4, 0.5) is 4.79 Å². The maximum absolute atomic E-state index is 12.0. The molecule has 0 aliphatic carbocycles. The topological polar surface area (TPSA) is 86.6 Å². The number of carbonyl (C=O) groups excluding carboxylic acids is 1. The van der Waals surface area contributed by atoms with E-state index in [4.69, 9.17) is 4.98 Å². The van der Waals surface area contributed by atoms with Gasteiger partial charge in [0.1, 0.15) is 5.75 Å². The molecule has 0 aliphatic rings. The van der Waals surface area contributed by atoms with Crippen molar-refractivity contribution in [2.75, 3.05) is 0 Å². The average molecular weight is 388 g/mol. The van der Waals surface area contributed by atoms with Crippen LogP contribution >= 0.6 is 11.9 Å². The second-order valence-electron chi connectivity index (χ2n) is 5.97. The molecule has 6 nitrogen and oxygen atoms in total. The molecule has 0 radical (unpaired) electrons. The molecule has 0 spiro atoms. The van der Waals surface area contributed by atoms with E-state index >= 15 is 0 Å². The summed E-state index contributed by atoms with van der Waals surface area (Å²) in [5, 5.41) is 15.6. The summed E-state index contributed by atoms with van der Waals surface area (Å²) in [6, 6.07) is 22.1. The van der Waals surface area contributed by atoms with E-state index in [1.807, 2.05) is 42.5 Å². The van der Waals surface area contributed by atoms with E-state index in [1.165, 1.54) is 18.2 Å². The van der Waals surface area contributed by atoms with Gasteiger partial charge in [-0.15, -0.1) is 0 Å². The van der Waals surface area contributed by atoms with Gasteiger partial charge in [0, 0.05) is 16.3 Å². The Balaban J connectivity index is 1.45. The lowest BCUT2D eigenvalue weighted by Gasteiger charge is -2.08. The summed E-state index contributed by atoms with van der Waals surface area (Å²) < 4.78 is 2.69. The fraction of sp³-hybridized carbons (Fsp3) is 0. The average Bonchev–Trinajstić information content (AvgIpc) is 2.72. The third kappa shape index (κ3) is 3.89. The first-order valence-corrected chi connectivity index (χ1v) is 9.35. The number of benzene rings is 3. The Kier molecular flexibility index (Phi) is 5.07. The molecule has 28 heavy (non-hydrogen) atoms. The molecule has 3 aromatic carbocycles. The predicted octanol–water partition coefficient (Wildman–Crippen LogP) is 4.43. The first-order chi connectivity index (χ1) is 13.7. The second-order valence-corrected chi connectivity index (χ2v) is 6.82. The van der Waals surface area contributed by atoms with Crippen LogP contribution in [0.15, 0.2) is 82.8 Å². The van der Waals surface area contributed by atoms with Gasteiger partial charge in [0.15, 0.2) is 0 Å². The van der Waals surface area contributed by atoms with Crippen molar-refractivity contribution in [3.8, 4) is 5.75 Å². The molecule has 0 fully saturated rings. The van der Waals surface area contributed by atoms with Crippen LogP contribution in [0.2, 0.25) is 0 Å². The molecule has 0 saturated carbocycles. The standard InChI is InChI=1S/C21H16N4O2S/c26-18-10-4-2-7-16(18)13-22-24-21(27)25-28-19-11-5-8-15-12-14-6-1-3-9-17(14)23-20(15)19/h1-13,26H,(H2,24,25,27)/b22-13+. The van der Waals surface area contributed by atoms with Crippen LogP contribution in [-0.2, 0) is 0 Å². The number of fused-ring (bicyclic) bond motifs is 2. The number of phenolic OH excluding ortho intramolecular Hbond substituents is 1. The summed E-state index contributed by atoms with van der Waals surface area (Å²) in [4.78, 5) is 17.6. The van der Waals surface area contributed by atoms with Gasteiger partial charge in [0.25, 0.3) is 0 Å². The van der Waals surface area contributed by atoms with Crippen LogP contribution in [0, 0.1) is 0 Å². The maximum Gasteiger partial charge on any atom is 0.345 e. The molecule has 138 valence electrons. The fourth-order valence-electron chi connectivity index (χ4n) is 2.74. The lowest BCUT2D eigenvalue weighted by Crippen LogP contribution is -2.27. The number of urea groups is 1. The lowest BCUT2D eigenvalue weighted by atomic mass is 10.1. The van der Waals surface area contributed by atoms with E-state index in [9.17, 15) is 9.90 Å². The normalized spacial score (nSPS) is 11.1. The third-order valence-corrected chi connectivity index (χ3v) is 4.91. The summed E-state index contributed by atoms with van der Waals surface area (Å²) in [6.07, 6.45) is 1.38. The fourth-order valence-corrected chi connectivity index (χ4v) is 3.39. The molecule has 7 heteroatoms. The summed E-state index contributed by atoms with van der Waals surface area (Å²) in [5.74, 6) is 0.0943. The number of aromatic nitrogens is 1. The highest BCUT2D eigenvalue weighted by molar-refractivity contribution is 7.98. The monoisotopic (exact) mass is 388 g/mol. The number of phenols is 1. The van der Waals surface area contributed by atoms with E-state index in [0.717, 1.165) is 26.7 Å². The Labute approximate surface area is 165 Å². The van der Waals surface area contributed by atoms with E-state index in [1.54, 1.807) is 24.3 Å². The highest BCUT2D eigenvalue weighted by Gasteiger charge is 2.07. The zero-order valence-corrected chi connectivity index (χ0v) is 15.5. The second kappa shape index (κ2) is 7.98. The van der Waals surface area contributed by atoms with Gasteiger partial charge in [0.2, 0.25) is 0 Å². The van der Waals surface area contributed by atoms with Crippen LogP contribution in [0.3, 0.4) is 0 Å². The SMILES string of the molecule is O=C(N/N=C/c1ccccc1O)NSc1cccc2cc3ccccc3nc12. The molecular formula is C21H16N4O2S. The van der Waals surface area contributed by atoms with Crippen LogP contribution in [-0.4, -0.2) is 22.3 Å². The van der Waals surface area contributed by atoms with Crippen molar-refractivity contribution in [2.45, 2.75) is 4.90 Å². The molecule has 0 bridgehead atoms. The minimum Gasteiger partial charge on any atom is -0.507 e. The molecule has 4 aromatic rings. The first kappa shape index (κ1) is 17.8. The number of hydrazone groups is 1.